The minimum absolute atomic E-state index is 0.0427. The molecule has 0 radical (unpaired) electrons. The van der Waals surface area contributed by atoms with Crippen molar-refractivity contribution in [1.29, 1.82) is 0 Å². The molecular formula is C24H25ClF3N3O5S. The van der Waals surface area contributed by atoms with Crippen LogP contribution >= 0.6 is 23.4 Å². The van der Waals surface area contributed by atoms with Crippen molar-refractivity contribution < 1.29 is 38.3 Å². The molecule has 1 aliphatic rings. The minimum atomic E-state index is -1.63. The predicted octanol–water partition coefficient (Wildman–Crippen LogP) is 3.24. The summed E-state index contributed by atoms with van der Waals surface area (Å²) in [6.45, 7) is 2.55. The number of thioether (sulfide) groups is 1. The van der Waals surface area contributed by atoms with E-state index >= 15 is 0 Å². The second kappa shape index (κ2) is 10.9. The zero-order valence-corrected chi connectivity index (χ0v) is 21.2. The highest BCUT2D eigenvalue weighted by Gasteiger charge is 2.48. The van der Waals surface area contributed by atoms with Crippen molar-refractivity contribution >= 4 is 23.4 Å². The van der Waals surface area contributed by atoms with Crippen LogP contribution in [0.1, 0.15) is 30.7 Å². The normalized spacial score (nSPS) is 25.3. The number of hydrogen-bond acceptors (Lipinski definition) is 8. The Morgan fingerprint density at radius 3 is 2.38 bits per heavy atom. The quantitative estimate of drug-likeness (QED) is 0.326. The zero-order valence-electron chi connectivity index (χ0n) is 19.7. The summed E-state index contributed by atoms with van der Waals surface area (Å²) in [7, 11) is 0. The van der Waals surface area contributed by atoms with Crippen molar-refractivity contribution in [3.63, 3.8) is 0 Å². The number of hydrogen-bond donors (Lipinski definition) is 4. The summed E-state index contributed by atoms with van der Waals surface area (Å²) < 4.78 is 47.7. The Balaban J connectivity index is 1.67. The van der Waals surface area contributed by atoms with Crippen molar-refractivity contribution in [3.8, 4) is 11.3 Å². The maximum Gasteiger partial charge on any atom is 0.194 e. The van der Waals surface area contributed by atoms with Gasteiger partial charge in [0.15, 0.2) is 17.5 Å². The van der Waals surface area contributed by atoms with Gasteiger partial charge in [-0.25, -0.2) is 17.9 Å². The van der Waals surface area contributed by atoms with Crippen LogP contribution in [0.15, 0.2) is 42.6 Å². The number of halogens is 4. The fourth-order valence-electron chi connectivity index (χ4n) is 4.19. The maximum atomic E-state index is 13.7. The summed E-state index contributed by atoms with van der Waals surface area (Å²) in [6, 6.07) is 7.17. The van der Waals surface area contributed by atoms with Gasteiger partial charge in [-0.15, -0.1) is 16.9 Å². The zero-order chi connectivity index (χ0) is 27.1. The predicted molar refractivity (Wildman–Crippen MR) is 130 cm³/mol. The van der Waals surface area contributed by atoms with Crippen molar-refractivity contribution in [2.75, 3.05) is 6.61 Å². The molecule has 1 aliphatic heterocycles. The van der Waals surface area contributed by atoms with E-state index in [-0.39, 0.29) is 11.3 Å². The van der Waals surface area contributed by atoms with Gasteiger partial charge in [-0.1, -0.05) is 35.0 Å². The lowest BCUT2D eigenvalue weighted by Crippen LogP contribution is -2.55. The van der Waals surface area contributed by atoms with Gasteiger partial charge in [0, 0.05) is 10.6 Å². The Labute approximate surface area is 219 Å². The third kappa shape index (κ3) is 5.65. The van der Waals surface area contributed by atoms with Gasteiger partial charge in [0.25, 0.3) is 0 Å². The molecule has 200 valence electrons. The number of rotatable bonds is 7. The third-order valence-corrected chi connectivity index (χ3v) is 8.15. The molecule has 0 amide bonds. The van der Waals surface area contributed by atoms with E-state index in [0.717, 1.165) is 28.6 Å². The summed E-state index contributed by atoms with van der Waals surface area (Å²) in [5.74, 6) is -4.45. The number of ether oxygens (including phenoxy) is 1. The van der Waals surface area contributed by atoms with Gasteiger partial charge in [-0.2, -0.15) is 0 Å². The number of aliphatic hydroxyl groups is 4. The summed E-state index contributed by atoms with van der Waals surface area (Å²) in [4.78, 5) is 0. The molecule has 0 saturated carbocycles. The molecule has 4 rings (SSSR count). The van der Waals surface area contributed by atoms with Crippen molar-refractivity contribution in [2.45, 2.75) is 54.5 Å². The summed E-state index contributed by atoms with van der Waals surface area (Å²) in [6.07, 6.45) is -2.81. The van der Waals surface area contributed by atoms with Gasteiger partial charge < -0.3 is 25.2 Å². The average molecular weight is 560 g/mol. The monoisotopic (exact) mass is 559 g/mol. The Hall–Kier alpha value is -2.19. The van der Waals surface area contributed by atoms with Crippen LogP contribution < -0.4 is 0 Å². The molecule has 13 heteroatoms. The molecule has 2 heterocycles. The van der Waals surface area contributed by atoms with Gasteiger partial charge >= 0.3 is 0 Å². The average Bonchev–Trinajstić information content (AvgIpc) is 3.31. The first-order chi connectivity index (χ1) is 17.4. The van der Waals surface area contributed by atoms with E-state index in [1.807, 2.05) is 0 Å². The van der Waals surface area contributed by atoms with Crippen LogP contribution in [0.2, 0.25) is 5.02 Å². The first-order valence-corrected chi connectivity index (χ1v) is 12.6. The number of aliphatic hydroxyl groups excluding tert-OH is 3. The standard InChI is InChI=1S/C24H25ClF3N3O5S/c1-24(2,35)22(12-5-3-4-6-13(12)25)37-23-21(34)19(20(33)17(10-32)36-23)31-9-16(29-30-31)11-7-14(26)18(28)15(27)8-11/h3-9,17,19-23,32-35H,10H2,1-2H3/t17-,19+,20+,21-,22?,23+/m1/s1. The minimum Gasteiger partial charge on any atom is -0.394 e. The molecular weight excluding hydrogens is 535 g/mol. The van der Waals surface area contributed by atoms with Gasteiger partial charge in [0.05, 0.1) is 23.7 Å². The number of benzene rings is 2. The maximum absolute atomic E-state index is 13.7. The Morgan fingerprint density at radius 2 is 1.78 bits per heavy atom. The Kier molecular flexibility index (Phi) is 8.19. The van der Waals surface area contributed by atoms with Crippen LogP contribution in [0, 0.1) is 17.5 Å². The summed E-state index contributed by atoms with van der Waals surface area (Å²) >= 11 is 7.41. The topological polar surface area (TPSA) is 121 Å². The van der Waals surface area contributed by atoms with E-state index in [9.17, 15) is 33.6 Å². The smallest absolute Gasteiger partial charge is 0.194 e. The second-order valence-electron chi connectivity index (χ2n) is 9.23. The molecule has 37 heavy (non-hydrogen) atoms. The molecule has 4 N–H and O–H groups in total. The van der Waals surface area contributed by atoms with Crippen LogP contribution in [0.3, 0.4) is 0 Å². The van der Waals surface area contributed by atoms with E-state index in [1.165, 1.54) is 6.20 Å². The fraction of sp³-hybridized carbons (Fsp3) is 0.417. The molecule has 0 spiro atoms. The van der Waals surface area contributed by atoms with Crippen molar-refractivity contribution in [3.05, 3.63) is 70.6 Å². The van der Waals surface area contributed by atoms with Crippen LogP contribution in [0.4, 0.5) is 13.2 Å². The molecule has 8 nitrogen and oxygen atoms in total. The van der Waals surface area contributed by atoms with E-state index in [4.69, 9.17) is 16.3 Å². The highest BCUT2D eigenvalue weighted by atomic mass is 35.5. The van der Waals surface area contributed by atoms with E-state index in [0.29, 0.717) is 10.6 Å². The molecule has 0 bridgehead atoms. The third-order valence-electron chi connectivity index (χ3n) is 6.04. The van der Waals surface area contributed by atoms with Crippen LogP contribution in [-0.4, -0.2) is 71.4 Å². The first-order valence-electron chi connectivity index (χ1n) is 11.2. The summed E-state index contributed by atoms with van der Waals surface area (Å²) in [5.41, 5.74) is -1.96. The van der Waals surface area contributed by atoms with Gasteiger partial charge in [0.2, 0.25) is 0 Å². The van der Waals surface area contributed by atoms with Crippen molar-refractivity contribution in [2.24, 2.45) is 0 Å². The van der Waals surface area contributed by atoms with Crippen LogP contribution in [0.5, 0.6) is 0 Å². The van der Waals surface area contributed by atoms with E-state index < -0.39 is 64.7 Å². The number of aromatic nitrogens is 3. The molecule has 1 unspecified atom stereocenters. The largest absolute Gasteiger partial charge is 0.394 e. The van der Waals surface area contributed by atoms with Gasteiger partial charge in [-0.05, 0) is 37.6 Å². The molecule has 1 saturated heterocycles. The number of nitrogens with zero attached hydrogens (tertiary/aromatic N) is 3. The lowest BCUT2D eigenvalue weighted by molar-refractivity contribution is -0.178. The van der Waals surface area contributed by atoms with Crippen LogP contribution in [-0.2, 0) is 4.74 Å². The lowest BCUT2D eigenvalue weighted by atomic mass is 9.97. The van der Waals surface area contributed by atoms with Gasteiger partial charge in [0.1, 0.15) is 35.5 Å². The molecule has 2 aromatic carbocycles. The van der Waals surface area contributed by atoms with Gasteiger partial charge in [-0.3, -0.25) is 0 Å². The SMILES string of the molecule is CC(C)(O)C(S[C@@H]1O[C@H](CO)[C@H](O)[C@H](n2cc(-c3cc(F)c(F)c(F)c3)nn2)[C@H]1O)c1ccccc1Cl. The van der Waals surface area contributed by atoms with Crippen molar-refractivity contribution in [1.82, 2.24) is 15.0 Å². The molecule has 6 atom stereocenters. The Bertz CT molecular complexity index is 1240. The molecule has 1 fully saturated rings. The molecule has 1 aromatic heterocycles. The lowest BCUT2D eigenvalue weighted by Gasteiger charge is -2.44. The first kappa shape index (κ1) is 27.8. The van der Waals surface area contributed by atoms with E-state index in [2.05, 4.69) is 10.3 Å². The molecule has 0 aliphatic carbocycles. The molecule has 3 aromatic rings. The Morgan fingerprint density at radius 1 is 1.14 bits per heavy atom. The fourth-order valence-corrected chi connectivity index (χ4v) is 5.98. The van der Waals surface area contributed by atoms with E-state index in [1.54, 1.807) is 38.1 Å². The highest BCUT2D eigenvalue weighted by molar-refractivity contribution is 8.00. The second-order valence-corrected chi connectivity index (χ2v) is 10.8. The summed E-state index contributed by atoms with van der Waals surface area (Å²) in [5, 5.41) is 50.3. The highest BCUT2D eigenvalue weighted by Crippen LogP contribution is 2.47. The van der Waals surface area contributed by atoms with Crippen LogP contribution in [0.25, 0.3) is 11.3 Å².